The van der Waals surface area contributed by atoms with Crippen LogP contribution < -0.4 is 0 Å². The summed E-state index contributed by atoms with van der Waals surface area (Å²) in [4.78, 5) is 12.2. The highest BCUT2D eigenvalue weighted by Crippen LogP contribution is 2.57. The molecular weight excluding hydrogens is 212 g/mol. The zero-order valence-corrected chi connectivity index (χ0v) is 11.7. The zero-order valence-electron chi connectivity index (χ0n) is 11.7. The van der Waals surface area contributed by atoms with Crippen LogP contribution in [0.4, 0.5) is 0 Å². The first-order valence-corrected chi connectivity index (χ1v) is 7.25. The van der Waals surface area contributed by atoms with Crippen LogP contribution in [0.5, 0.6) is 0 Å². The topological polar surface area (TPSA) is 26.3 Å². The Morgan fingerprint density at radius 3 is 2.41 bits per heavy atom. The van der Waals surface area contributed by atoms with Crippen LogP contribution in [0, 0.1) is 23.7 Å². The Kier molecular flexibility index (Phi) is 3.51. The maximum absolute atomic E-state index is 12.2. The lowest BCUT2D eigenvalue weighted by Crippen LogP contribution is -2.39. The average Bonchev–Trinajstić information content (AvgIpc) is 2.69. The quantitative estimate of drug-likeness (QED) is 0.696. The van der Waals surface area contributed by atoms with Gasteiger partial charge >= 0.3 is 5.97 Å². The van der Waals surface area contributed by atoms with E-state index < -0.39 is 0 Å². The fourth-order valence-electron chi connectivity index (χ4n) is 4.15. The van der Waals surface area contributed by atoms with Gasteiger partial charge < -0.3 is 4.74 Å². The van der Waals surface area contributed by atoms with E-state index in [-0.39, 0.29) is 17.5 Å². The molecule has 0 radical (unpaired) electrons. The third-order valence-electron chi connectivity index (χ3n) is 5.36. The van der Waals surface area contributed by atoms with Crippen LogP contribution in [0.3, 0.4) is 0 Å². The van der Waals surface area contributed by atoms with Crippen molar-refractivity contribution in [3.63, 3.8) is 0 Å². The molecule has 3 unspecified atom stereocenters. The first-order valence-electron chi connectivity index (χ1n) is 7.25. The number of carbonyl (C=O) groups excluding carboxylic acids is 1. The van der Waals surface area contributed by atoms with Crippen LogP contribution in [0.15, 0.2) is 0 Å². The van der Waals surface area contributed by atoms with E-state index >= 15 is 0 Å². The van der Waals surface area contributed by atoms with Gasteiger partial charge in [-0.1, -0.05) is 20.8 Å². The normalized spacial score (nSPS) is 39.9. The Hall–Kier alpha value is -0.530. The molecule has 0 heterocycles. The number of rotatable bonds is 4. The van der Waals surface area contributed by atoms with Gasteiger partial charge in [-0.05, 0) is 50.9 Å². The van der Waals surface area contributed by atoms with E-state index in [0.717, 1.165) is 18.8 Å². The number of hydrogen-bond acceptors (Lipinski definition) is 2. The fourth-order valence-corrected chi connectivity index (χ4v) is 4.15. The maximum Gasteiger partial charge on any atom is 0.309 e. The molecule has 0 aromatic rings. The Balaban J connectivity index is 2.06. The Morgan fingerprint density at radius 2 is 2.00 bits per heavy atom. The molecule has 4 atom stereocenters. The number of ether oxygens (including phenoxy) is 1. The van der Waals surface area contributed by atoms with E-state index in [9.17, 15) is 4.79 Å². The summed E-state index contributed by atoms with van der Waals surface area (Å²) in [6.07, 6.45) is 5.55. The number of esters is 1. The van der Waals surface area contributed by atoms with E-state index in [1.807, 2.05) is 0 Å². The van der Waals surface area contributed by atoms with Crippen molar-refractivity contribution in [1.82, 2.24) is 0 Å². The van der Waals surface area contributed by atoms with Crippen LogP contribution in [0.1, 0.15) is 59.8 Å². The van der Waals surface area contributed by atoms with Gasteiger partial charge in [0.25, 0.3) is 0 Å². The van der Waals surface area contributed by atoms with Gasteiger partial charge in [-0.15, -0.1) is 0 Å². The molecule has 2 bridgehead atoms. The molecule has 2 heteroatoms. The van der Waals surface area contributed by atoms with Gasteiger partial charge in [-0.2, -0.15) is 0 Å². The lowest BCUT2D eigenvalue weighted by Gasteiger charge is -2.32. The monoisotopic (exact) mass is 238 g/mol. The van der Waals surface area contributed by atoms with Crippen molar-refractivity contribution < 1.29 is 9.53 Å². The highest BCUT2D eigenvalue weighted by atomic mass is 16.6. The van der Waals surface area contributed by atoms with Crippen molar-refractivity contribution >= 4 is 5.97 Å². The van der Waals surface area contributed by atoms with E-state index in [2.05, 4.69) is 27.7 Å². The highest BCUT2D eigenvalue weighted by molar-refractivity contribution is 5.73. The van der Waals surface area contributed by atoms with Crippen LogP contribution in [0.25, 0.3) is 0 Å². The van der Waals surface area contributed by atoms with Crippen molar-refractivity contribution in [2.24, 2.45) is 23.7 Å². The summed E-state index contributed by atoms with van der Waals surface area (Å²) in [5.41, 5.74) is -0.154. The van der Waals surface area contributed by atoms with E-state index in [4.69, 9.17) is 4.74 Å². The van der Waals surface area contributed by atoms with E-state index in [1.165, 1.54) is 19.3 Å². The molecule has 2 rings (SSSR count). The minimum absolute atomic E-state index is 0.0449. The Labute approximate surface area is 105 Å². The largest absolute Gasteiger partial charge is 0.459 e. The minimum atomic E-state index is -0.154. The number of carbonyl (C=O) groups is 1. The first-order chi connectivity index (χ1) is 8.02. The second-order valence-electron chi connectivity index (χ2n) is 6.21. The summed E-state index contributed by atoms with van der Waals surface area (Å²) in [7, 11) is 0. The SMILES string of the molecule is CCC(CC)C(=O)OC1(C)C2CCC1[C@H](C)C2. The molecule has 98 valence electrons. The summed E-state index contributed by atoms with van der Waals surface area (Å²) in [5, 5.41) is 0. The van der Waals surface area contributed by atoms with Crippen LogP contribution in [-0.4, -0.2) is 11.6 Å². The zero-order chi connectivity index (χ0) is 12.6. The van der Waals surface area contributed by atoms with Crippen molar-refractivity contribution in [1.29, 1.82) is 0 Å². The first kappa shape index (κ1) is 12.9. The smallest absolute Gasteiger partial charge is 0.309 e. The minimum Gasteiger partial charge on any atom is -0.459 e. The van der Waals surface area contributed by atoms with E-state index in [0.29, 0.717) is 11.8 Å². The molecule has 2 aliphatic carbocycles. The van der Waals surface area contributed by atoms with Crippen LogP contribution in [0.2, 0.25) is 0 Å². The standard InChI is InChI=1S/C15H26O2/c1-5-11(6-2)14(16)17-15(4)12-7-8-13(15)10(3)9-12/h10-13H,5-9H2,1-4H3/t10-,12?,13?,15?/m1/s1. The van der Waals surface area contributed by atoms with Gasteiger partial charge in [0.15, 0.2) is 0 Å². The lowest BCUT2D eigenvalue weighted by atomic mass is 9.88. The predicted octanol–water partition coefficient (Wildman–Crippen LogP) is 3.79. The molecule has 0 aromatic carbocycles. The molecule has 2 saturated carbocycles. The van der Waals surface area contributed by atoms with E-state index in [1.54, 1.807) is 0 Å². The number of fused-ring (bicyclic) bond motifs is 2. The summed E-state index contributed by atoms with van der Waals surface area (Å²) in [6.45, 7) is 8.64. The van der Waals surface area contributed by atoms with Gasteiger partial charge in [-0.25, -0.2) is 0 Å². The highest BCUT2D eigenvalue weighted by Gasteiger charge is 2.57. The third-order valence-corrected chi connectivity index (χ3v) is 5.36. The van der Waals surface area contributed by atoms with Crippen molar-refractivity contribution in [2.75, 3.05) is 0 Å². The van der Waals surface area contributed by atoms with Crippen LogP contribution >= 0.6 is 0 Å². The molecule has 0 saturated heterocycles. The maximum atomic E-state index is 12.2. The predicted molar refractivity (Wildman–Crippen MR) is 68.6 cm³/mol. The van der Waals surface area contributed by atoms with Gasteiger partial charge in [-0.3, -0.25) is 4.79 Å². The molecule has 0 aliphatic heterocycles. The fraction of sp³-hybridized carbons (Fsp3) is 0.933. The summed E-state index contributed by atoms with van der Waals surface area (Å²) >= 11 is 0. The molecule has 2 nitrogen and oxygen atoms in total. The summed E-state index contributed by atoms with van der Waals surface area (Å²) in [5.74, 6) is 2.09. The van der Waals surface area contributed by atoms with Gasteiger partial charge in [0.1, 0.15) is 5.60 Å². The Bertz CT molecular complexity index is 295. The molecule has 17 heavy (non-hydrogen) atoms. The summed E-state index contributed by atoms with van der Waals surface area (Å²) in [6, 6.07) is 0. The molecule has 0 aromatic heterocycles. The molecule has 2 fully saturated rings. The molecule has 0 N–H and O–H groups in total. The molecule has 0 spiro atoms. The third kappa shape index (κ3) is 2.00. The van der Waals surface area contributed by atoms with Gasteiger partial charge in [0.2, 0.25) is 0 Å². The van der Waals surface area contributed by atoms with Crippen molar-refractivity contribution in [3.05, 3.63) is 0 Å². The van der Waals surface area contributed by atoms with Crippen molar-refractivity contribution in [3.8, 4) is 0 Å². The number of hydrogen-bond donors (Lipinski definition) is 0. The average molecular weight is 238 g/mol. The van der Waals surface area contributed by atoms with Crippen LogP contribution in [-0.2, 0) is 9.53 Å². The second kappa shape index (κ2) is 4.62. The van der Waals surface area contributed by atoms with Gasteiger partial charge in [0.05, 0.1) is 5.92 Å². The molecule has 2 aliphatic rings. The second-order valence-corrected chi connectivity index (χ2v) is 6.21. The summed E-state index contributed by atoms with van der Waals surface area (Å²) < 4.78 is 5.96. The Morgan fingerprint density at radius 1 is 1.35 bits per heavy atom. The molecular formula is C15H26O2. The lowest BCUT2D eigenvalue weighted by molar-refractivity contribution is -0.169. The van der Waals surface area contributed by atoms with Crippen molar-refractivity contribution in [2.45, 2.75) is 65.4 Å². The molecule has 0 amide bonds. The van der Waals surface area contributed by atoms with Gasteiger partial charge in [0, 0.05) is 5.92 Å².